The van der Waals surface area contributed by atoms with E-state index in [0.717, 1.165) is 0 Å². The first-order valence-electron chi connectivity index (χ1n) is 0.756. The van der Waals surface area contributed by atoms with Crippen LogP contribution in [-0.4, -0.2) is 7.17 Å². The standard InChI is InChI=1S/Cl3GeI/c1-4(2,3)5. The van der Waals surface area contributed by atoms with Gasteiger partial charge in [0.05, 0.1) is 0 Å². The van der Waals surface area contributed by atoms with Crippen molar-refractivity contribution in [1.29, 1.82) is 0 Å². The van der Waals surface area contributed by atoms with E-state index < -0.39 is 7.17 Å². The van der Waals surface area contributed by atoms with Crippen molar-refractivity contribution < 1.29 is 0 Å². The Morgan fingerprint density at radius 3 is 1.20 bits per heavy atom. The molecule has 0 saturated heterocycles. The van der Waals surface area contributed by atoms with Crippen LogP contribution >= 0.6 is 50.2 Å². The zero-order valence-electron chi connectivity index (χ0n) is 2.01. The van der Waals surface area contributed by atoms with Crippen molar-refractivity contribution in [3.8, 4) is 0 Å². The van der Waals surface area contributed by atoms with E-state index in [1.165, 1.54) is 0 Å². The van der Waals surface area contributed by atoms with Gasteiger partial charge in [0.2, 0.25) is 0 Å². The Bertz CT molecular complexity index is 22.4. The monoisotopic (exact) mass is 306 g/mol. The van der Waals surface area contributed by atoms with E-state index in [2.05, 4.69) is 0 Å². The Labute approximate surface area is 56.7 Å². The van der Waals surface area contributed by atoms with Crippen LogP contribution in [0.25, 0.3) is 0 Å². The number of hydrogen-bond donors (Lipinski definition) is 0. The van der Waals surface area contributed by atoms with E-state index in [1.807, 2.05) is 20.2 Å². The molecule has 0 aliphatic carbocycles. The first-order valence-corrected chi connectivity index (χ1v) is 15.4. The molecule has 0 unspecified atom stereocenters. The summed E-state index contributed by atoms with van der Waals surface area (Å²) in [5.41, 5.74) is 0. The predicted molar refractivity (Wildman–Crippen MR) is 37.3 cm³/mol. The van der Waals surface area contributed by atoms with Crippen LogP contribution in [0.2, 0.25) is 0 Å². The molecule has 5 heavy (non-hydrogen) atoms. The van der Waals surface area contributed by atoms with E-state index in [1.54, 1.807) is 0 Å². The first kappa shape index (κ1) is 7.14. The van der Waals surface area contributed by atoms with Gasteiger partial charge in [-0.05, 0) is 0 Å². The van der Waals surface area contributed by atoms with Gasteiger partial charge in [0.15, 0.2) is 0 Å². The summed E-state index contributed by atoms with van der Waals surface area (Å²) in [6.07, 6.45) is 0. The average Bonchev–Trinajstić information content (AvgIpc) is 0.722. The first-order chi connectivity index (χ1) is 2.00. The third-order valence-corrected chi connectivity index (χ3v) is 0. The Morgan fingerprint density at radius 1 is 1.20 bits per heavy atom. The van der Waals surface area contributed by atoms with Crippen LogP contribution in [0.4, 0.5) is 0 Å². The maximum atomic E-state index is 5.24. The molecule has 0 spiro atoms. The molecule has 0 nitrogen and oxygen atoms in total. The van der Waals surface area contributed by atoms with Gasteiger partial charge in [-0.25, -0.2) is 0 Å². The number of hydrogen-bond acceptors (Lipinski definition) is 0. The van der Waals surface area contributed by atoms with Crippen molar-refractivity contribution in [3.05, 3.63) is 0 Å². The molecular formula is Cl3GeI. The van der Waals surface area contributed by atoms with E-state index in [4.69, 9.17) is 30.0 Å². The molecule has 0 rings (SSSR count). The molecule has 0 N–H and O–H groups in total. The van der Waals surface area contributed by atoms with Gasteiger partial charge in [-0.3, -0.25) is 0 Å². The zero-order valence-corrected chi connectivity index (χ0v) is 8.54. The summed E-state index contributed by atoms with van der Waals surface area (Å²) >= 11 is 1.86. The van der Waals surface area contributed by atoms with Crippen LogP contribution in [0.15, 0.2) is 0 Å². The summed E-state index contributed by atoms with van der Waals surface area (Å²) in [7, 11) is 13.1. The second kappa shape index (κ2) is 2.45. The fraction of sp³-hybridized carbons (Fsp3) is 0. The summed E-state index contributed by atoms with van der Waals surface area (Å²) in [6, 6.07) is 0. The summed E-state index contributed by atoms with van der Waals surface area (Å²) in [4.78, 5) is 0. The van der Waals surface area contributed by atoms with E-state index in [9.17, 15) is 0 Å². The molecule has 0 aromatic carbocycles. The molecule has 0 radical (unpaired) electrons. The van der Waals surface area contributed by atoms with Crippen LogP contribution in [0.3, 0.4) is 0 Å². The molecule has 0 bridgehead atoms. The van der Waals surface area contributed by atoms with Gasteiger partial charge in [-0.1, -0.05) is 0 Å². The fourth-order valence-electron chi connectivity index (χ4n) is 0. The molecule has 0 fully saturated rings. The average molecular weight is 306 g/mol. The van der Waals surface area contributed by atoms with Gasteiger partial charge in [-0.15, -0.1) is 0 Å². The molecule has 0 aromatic heterocycles. The molecule has 0 heterocycles. The molecular weight excluding hydrogens is 306 g/mol. The van der Waals surface area contributed by atoms with Gasteiger partial charge in [-0.2, -0.15) is 0 Å². The molecule has 0 amide bonds. The molecule has 0 saturated carbocycles. The molecule has 5 heteroatoms. The van der Waals surface area contributed by atoms with Gasteiger partial charge in [0.1, 0.15) is 0 Å². The van der Waals surface area contributed by atoms with Crippen LogP contribution < -0.4 is 0 Å². The Hall–Kier alpha value is 2.14. The second-order valence-electron chi connectivity index (χ2n) is 0.429. The van der Waals surface area contributed by atoms with Crippen molar-refractivity contribution >= 4 is 57.4 Å². The molecule has 0 aromatic rings. The molecule has 0 aliphatic rings. The van der Waals surface area contributed by atoms with E-state index in [0.29, 0.717) is 0 Å². The van der Waals surface area contributed by atoms with Crippen molar-refractivity contribution in [2.24, 2.45) is 0 Å². The van der Waals surface area contributed by atoms with Gasteiger partial charge in [0.25, 0.3) is 0 Å². The van der Waals surface area contributed by atoms with Gasteiger partial charge in [0, 0.05) is 0 Å². The third-order valence-electron chi connectivity index (χ3n) is 0. The summed E-state index contributed by atoms with van der Waals surface area (Å²) in [5, 5.41) is 0. The number of rotatable bonds is 0. The fourth-order valence-corrected chi connectivity index (χ4v) is 0. The van der Waals surface area contributed by atoms with Crippen molar-refractivity contribution in [2.45, 2.75) is 0 Å². The minimum atomic E-state index is -2.61. The Morgan fingerprint density at radius 2 is 1.20 bits per heavy atom. The maximum absolute atomic E-state index is 5.24. The van der Waals surface area contributed by atoms with Crippen LogP contribution in [0, 0.1) is 0 Å². The molecule has 0 aliphatic heterocycles. The van der Waals surface area contributed by atoms with E-state index >= 15 is 0 Å². The zero-order chi connectivity index (χ0) is 4.50. The second-order valence-corrected chi connectivity index (χ2v) is 32.4. The van der Waals surface area contributed by atoms with Crippen LogP contribution in [0.5, 0.6) is 0 Å². The summed E-state index contributed by atoms with van der Waals surface area (Å²) < 4.78 is 0. The normalized spacial score (nSPS) is 12.0. The topological polar surface area (TPSA) is 0 Å². The molecule has 0 atom stereocenters. The van der Waals surface area contributed by atoms with Gasteiger partial charge < -0.3 is 0 Å². The Kier molecular flexibility index (Phi) is 3.50. The predicted octanol–water partition coefficient (Wildman–Crippen LogP) is 2.57. The molecule has 32 valence electrons. The van der Waals surface area contributed by atoms with Gasteiger partial charge >= 0.3 is 57.4 Å². The SMILES string of the molecule is [Cl][Ge]([Cl])([Cl])[I]. The Balaban J connectivity index is 3.02. The number of halogens is 4. The van der Waals surface area contributed by atoms with Crippen LogP contribution in [-0.2, 0) is 0 Å². The summed E-state index contributed by atoms with van der Waals surface area (Å²) in [5.74, 6) is 0. The van der Waals surface area contributed by atoms with Crippen molar-refractivity contribution in [1.82, 2.24) is 0 Å². The van der Waals surface area contributed by atoms with E-state index in [-0.39, 0.29) is 0 Å². The minimum absolute atomic E-state index is 1.86. The third kappa shape index (κ3) is 23.0. The summed E-state index contributed by atoms with van der Waals surface area (Å²) in [6.45, 7) is 0. The van der Waals surface area contributed by atoms with Crippen LogP contribution in [0.1, 0.15) is 0 Å². The van der Waals surface area contributed by atoms with Crippen molar-refractivity contribution in [3.63, 3.8) is 0 Å². The van der Waals surface area contributed by atoms with Crippen molar-refractivity contribution in [2.75, 3.05) is 0 Å². The quantitative estimate of drug-likeness (QED) is 0.477.